The van der Waals surface area contributed by atoms with Crippen molar-refractivity contribution in [2.45, 2.75) is 64.6 Å². The molecule has 0 aromatic heterocycles. The van der Waals surface area contributed by atoms with Gasteiger partial charge in [-0.1, -0.05) is 0 Å². The van der Waals surface area contributed by atoms with Gasteiger partial charge in [-0.2, -0.15) is 0 Å². The van der Waals surface area contributed by atoms with E-state index < -0.39 is 5.60 Å². The summed E-state index contributed by atoms with van der Waals surface area (Å²) in [6.07, 6.45) is 3.66. The minimum atomic E-state index is -0.497. The molecule has 19 heavy (non-hydrogen) atoms. The van der Waals surface area contributed by atoms with Crippen molar-refractivity contribution < 1.29 is 19.1 Å². The van der Waals surface area contributed by atoms with E-state index in [0.29, 0.717) is 6.54 Å². The third kappa shape index (κ3) is 7.82. The van der Waals surface area contributed by atoms with Crippen LogP contribution < -0.4 is 5.32 Å². The van der Waals surface area contributed by atoms with Crippen LogP contribution in [0.5, 0.6) is 0 Å². The van der Waals surface area contributed by atoms with Gasteiger partial charge in [0.1, 0.15) is 5.60 Å². The van der Waals surface area contributed by atoms with Crippen LogP contribution in [-0.4, -0.2) is 36.7 Å². The van der Waals surface area contributed by atoms with Crippen LogP contribution in [0.4, 0.5) is 0 Å². The molecule has 0 aromatic carbocycles. The van der Waals surface area contributed by atoms with Gasteiger partial charge in [-0.25, -0.2) is 0 Å². The molecule has 110 valence electrons. The fraction of sp³-hybridized carbons (Fsp3) is 0.857. The van der Waals surface area contributed by atoms with E-state index in [9.17, 15) is 9.59 Å². The Bertz CT molecular complexity index is 303. The molecule has 0 radical (unpaired) electrons. The standard InChI is InChI=1S/C14H25NO4/c1-14(2,3)19-13(17)8-7-12(16)15-10-11-6-4-5-9-18-11/h11H,4-10H2,1-3H3,(H,15,16). The van der Waals surface area contributed by atoms with E-state index in [1.807, 2.05) is 20.8 Å². The molecule has 1 amide bonds. The number of esters is 1. The van der Waals surface area contributed by atoms with E-state index >= 15 is 0 Å². The van der Waals surface area contributed by atoms with Gasteiger partial charge in [0.05, 0.1) is 12.5 Å². The Hall–Kier alpha value is -1.10. The molecule has 1 fully saturated rings. The van der Waals surface area contributed by atoms with E-state index in [0.717, 1.165) is 25.9 Å². The predicted molar refractivity (Wildman–Crippen MR) is 71.7 cm³/mol. The number of nitrogens with one attached hydrogen (secondary N) is 1. The topological polar surface area (TPSA) is 64.6 Å². The molecule has 0 bridgehead atoms. The molecule has 1 heterocycles. The molecule has 0 aromatic rings. The summed E-state index contributed by atoms with van der Waals surface area (Å²) in [6.45, 7) is 6.74. The Labute approximate surface area is 115 Å². The third-order valence-corrected chi connectivity index (χ3v) is 2.78. The highest BCUT2D eigenvalue weighted by atomic mass is 16.6. The number of carbonyl (C=O) groups is 2. The second kappa shape index (κ2) is 7.48. The molecule has 1 atom stereocenters. The van der Waals surface area contributed by atoms with Gasteiger partial charge in [-0.15, -0.1) is 0 Å². The summed E-state index contributed by atoms with van der Waals surface area (Å²) in [7, 11) is 0. The highest BCUT2D eigenvalue weighted by Crippen LogP contribution is 2.12. The normalized spacial score (nSPS) is 19.8. The average molecular weight is 271 g/mol. The van der Waals surface area contributed by atoms with Crippen LogP contribution in [0.1, 0.15) is 52.9 Å². The number of amides is 1. The van der Waals surface area contributed by atoms with Crippen molar-refractivity contribution in [3.63, 3.8) is 0 Å². The summed E-state index contributed by atoms with van der Waals surface area (Å²) in [5, 5.41) is 2.80. The van der Waals surface area contributed by atoms with Crippen molar-refractivity contribution in [3.8, 4) is 0 Å². The number of carbonyl (C=O) groups excluding carboxylic acids is 2. The second-order valence-corrected chi connectivity index (χ2v) is 5.88. The van der Waals surface area contributed by atoms with Gasteiger partial charge in [0.25, 0.3) is 0 Å². The van der Waals surface area contributed by atoms with Crippen molar-refractivity contribution in [1.82, 2.24) is 5.32 Å². The molecule has 1 aliphatic rings. The Morgan fingerprint density at radius 1 is 1.26 bits per heavy atom. The van der Waals surface area contributed by atoms with Gasteiger partial charge in [0.15, 0.2) is 0 Å². The van der Waals surface area contributed by atoms with Crippen LogP contribution in [0.25, 0.3) is 0 Å². The van der Waals surface area contributed by atoms with Crippen molar-refractivity contribution in [2.75, 3.05) is 13.2 Å². The minimum Gasteiger partial charge on any atom is -0.460 e. The molecule has 5 heteroatoms. The quantitative estimate of drug-likeness (QED) is 0.774. The lowest BCUT2D eigenvalue weighted by atomic mass is 10.1. The first kappa shape index (κ1) is 16.0. The van der Waals surface area contributed by atoms with Crippen molar-refractivity contribution in [3.05, 3.63) is 0 Å². The monoisotopic (exact) mass is 271 g/mol. The second-order valence-electron chi connectivity index (χ2n) is 5.88. The number of hydrogen-bond acceptors (Lipinski definition) is 4. The zero-order valence-electron chi connectivity index (χ0n) is 12.2. The maximum absolute atomic E-state index is 11.6. The molecule has 1 rings (SSSR count). The van der Waals surface area contributed by atoms with E-state index in [4.69, 9.17) is 9.47 Å². The molecule has 0 aliphatic carbocycles. The molecular weight excluding hydrogens is 246 g/mol. The molecule has 5 nitrogen and oxygen atoms in total. The van der Waals surface area contributed by atoms with Gasteiger partial charge in [-0.05, 0) is 40.0 Å². The van der Waals surface area contributed by atoms with Crippen LogP contribution >= 0.6 is 0 Å². The lowest BCUT2D eigenvalue weighted by molar-refractivity contribution is -0.155. The molecule has 1 unspecified atom stereocenters. The highest BCUT2D eigenvalue weighted by molar-refractivity contribution is 5.81. The van der Waals surface area contributed by atoms with Gasteiger partial charge in [0, 0.05) is 19.6 Å². The van der Waals surface area contributed by atoms with E-state index in [2.05, 4.69) is 5.32 Å². The smallest absolute Gasteiger partial charge is 0.306 e. The van der Waals surface area contributed by atoms with Crippen LogP contribution in [0, 0.1) is 0 Å². The first-order chi connectivity index (χ1) is 8.87. The van der Waals surface area contributed by atoms with Crippen LogP contribution in [0.2, 0.25) is 0 Å². The van der Waals surface area contributed by atoms with Gasteiger partial charge >= 0.3 is 5.97 Å². The Morgan fingerprint density at radius 2 is 2.00 bits per heavy atom. The predicted octanol–water partition coefficient (Wildman–Crippen LogP) is 1.79. The summed E-state index contributed by atoms with van der Waals surface area (Å²) >= 11 is 0. The SMILES string of the molecule is CC(C)(C)OC(=O)CCC(=O)NCC1CCCCO1. The maximum atomic E-state index is 11.6. The summed E-state index contributed by atoms with van der Waals surface area (Å²) in [4.78, 5) is 23.0. The molecule has 1 saturated heterocycles. The lowest BCUT2D eigenvalue weighted by Gasteiger charge is -2.22. The Balaban J connectivity index is 2.12. The van der Waals surface area contributed by atoms with Crippen molar-refractivity contribution in [2.24, 2.45) is 0 Å². The van der Waals surface area contributed by atoms with Crippen LogP contribution in [-0.2, 0) is 19.1 Å². The zero-order chi connectivity index (χ0) is 14.3. The van der Waals surface area contributed by atoms with Gasteiger partial charge in [0.2, 0.25) is 5.91 Å². The Morgan fingerprint density at radius 3 is 2.58 bits per heavy atom. The Kier molecular flexibility index (Phi) is 6.28. The van der Waals surface area contributed by atoms with Crippen molar-refractivity contribution in [1.29, 1.82) is 0 Å². The molecule has 0 saturated carbocycles. The first-order valence-electron chi connectivity index (χ1n) is 6.97. The van der Waals surface area contributed by atoms with Crippen molar-refractivity contribution >= 4 is 11.9 Å². The highest BCUT2D eigenvalue weighted by Gasteiger charge is 2.18. The molecule has 1 N–H and O–H groups in total. The van der Waals surface area contributed by atoms with Gasteiger partial charge in [-0.3, -0.25) is 9.59 Å². The molecular formula is C14H25NO4. The number of rotatable bonds is 5. The maximum Gasteiger partial charge on any atom is 0.306 e. The summed E-state index contributed by atoms with van der Waals surface area (Å²) < 4.78 is 10.7. The number of hydrogen-bond donors (Lipinski definition) is 1. The minimum absolute atomic E-state index is 0.120. The zero-order valence-corrected chi connectivity index (χ0v) is 12.2. The van der Waals surface area contributed by atoms with Crippen LogP contribution in [0.15, 0.2) is 0 Å². The molecule has 1 aliphatic heterocycles. The summed E-state index contributed by atoms with van der Waals surface area (Å²) in [5.41, 5.74) is -0.497. The summed E-state index contributed by atoms with van der Waals surface area (Å²) in [5.74, 6) is -0.461. The van der Waals surface area contributed by atoms with Crippen LogP contribution in [0.3, 0.4) is 0 Å². The average Bonchev–Trinajstić information content (AvgIpc) is 2.33. The fourth-order valence-corrected chi connectivity index (χ4v) is 1.89. The largest absolute Gasteiger partial charge is 0.460 e. The molecule has 0 spiro atoms. The van der Waals surface area contributed by atoms with E-state index in [1.54, 1.807) is 0 Å². The van der Waals surface area contributed by atoms with E-state index in [1.165, 1.54) is 0 Å². The lowest BCUT2D eigenvalue weighted by Crippen LogP contribution is -2.35. The third-order valence-electron chi connectivity index (χ3n) is 2.78. The fourth-order valence-electron chi connectivity index (χ4n) is 1.89. The summed E-state index contributed by atoms with van der Waals surface area (Å²) in [6, 6.07) is 0. The number of ether oxygens (including phenoxy) is 2. The van der Waals surface area contributed by atoms with Gasteiger partial charge < -0.3 is 14.8 Å². The van der Waals surface area contributed by atoms with E-state index in [-0.39, 0.29) is 30.8 Å². The first-order valence-corrected chi connectivity index (χ1v) is 6.97.